The topological polar surface area (TPSA) is 61.7 Å². The monoisotopic (exact) mass is 345 g/mol. The number of rotatable bonds is 4. The van der Waals surface area contributed by atoms with Gasteiger partial charge in [-0.25, -0.2) is 9.67 Å². The molecule has 0 aromatic carbocycles. The molecule has 0 amide bonds. The van der Waals surface area contributed by atoms with Crippen molar-refractivity contribution in [3.63, 3.8) is 0 Å². The Bertz CT molecular complexity index is 514. The zero-order valence-electron chi connectivity index (χ0n) is 10.0. The van der Waals surface area contributed by atoms with Gasteiger partial charge in [0.05, 0.1) is 34.0 Å². The molecule has 0 aliphatic rings. The average molecular weight is 345 g/mol. The Morgan fingerprint density at radius 3 is 2.82 bits per heavy atom. The molecule has 17 heavy (non-hydrogen) atoms. The summed E-state index contributed by atoms with van der Waals surface area (Å²) >= 11 is 2.23. The van der Waals surface area contributed by atoms with Crippen molar-refractivity contribution in [2.75, 3.05) is 5.73 Å². The van der Waals surface area contributed by atoms with Gasteiger partial charge in [0, 0.05) is 6.54 Å². The third-order valence-corrected chi connectivity index (χ3v) is 4.00. The molecule has 2 aromatic rings. The maximum absolute atomic E-state index is 6.01. The molecule has 0 atom stereocenters. The second-order valence-electron chi connectivity index (χ2n) is 4.02. The van der Waals surface area contributed by atoms with Crippen LogP contribution in [0.15, 0.2) is 12.5 Å². The van der Waals surface area contributed by atoms with Gasteiger partial charge < -0.3 is 10.3 Å². The summed E-state index contributed by atoms with van der Waals surface area (Å²) in [6.07, 6.45) is 4.82. The van der Waals surface area contributed by atoms with Gasteiger partial charge in [0.1, 0.15) is 5.82 Å². The molecule has 6 heteroatoms. The van der Waals surface area contributed by atoms with Crippen molar-refractivity contribution in [2.24, 2.45) is 0 Å². The minimum Gasteiger partial charge on any atom is -0.383 e. The molecule has 2 N–H and O–H groups in total. The second-order valence-corrected chi connectivity index (χ2v) is 5.10. The maximum atomic E-state index is 6.01. The molecule has 0 saturated heterocycles. The molecular formula is C11H16IN5. The Morgan fingerprint density at radius 1 is 1.47 bits per heavy atom. The van der Waals surface area contributed by atoms with Gasteiger partial charge in [-0.2, -0.15) is 5.10 Å². The molecule has 0 radical (unpaired) electrons. The summed E-state index contributed by atoms with van der Waals surface area (Å²) in [6, 6.07) is 0. The van der Waals surface area contributed by atoms with Gasteiger partial charge in [0.15, 0.2) is 0 Å². The lowest BCUT2D eigenvalue weighted by molar-refractivity contribution is 0.598. The number of hydrogen-bond donors (Lipinski definition) is 1. The zero-order chi connectivity index (χ0) is 12.4. The molecule has 2 rings (SSSR count). The van der Waals surface area contributed by atoms with Gasteiger partial charge in [-0.3, -0.25) is 0 Å². The number of aryl methyl sites for hydroxylation is 2. The highest BCUT2D eigenvalue weighted by atomic mass is 127. The second kappa shape index (κ2) is 5.07. The van der Waals surface area contributed by atoms with Crippen LogP contribution >= 0.6 is 22.6 Å². The van der Waals surface area contributed by atoms with Gasteiger partial charge in [0.25, 0.3) is 0 Å². The van der Waals surface area contributed by atoms with Crippen LogP contribution < -0.4 is 5.73 Å². The SMILES string of the molecule is CCCn1cncc1Cn1nc(C)c(I)c1N. The number of hydrogen-bond acceptors (Lipinski definition) is 3. The highest BCUT2D eigenvalue weighted by Crippen LogP contribution is 2.19. The molecule has 0 bridgehead atoms. The summed E-state index contributed by atoms with van der Waals surface area (Å²) in [6.45, 7) is 5.78. The first kappa shape index (κ1) is 12.4. The van der Waals surface area contributed by atoms with Crippen LogP contribution in [0.5, 0.6) is 0 Å². The number of anilines is 1. The first-order valence-electron chi connectivity index (χ1n) is 5.60. The molecule has 0 aliphatic carbocycles. The van der Waals surface area contributed by atoms with Crippen LogP contribution in [0, 0.1) is 10.5 Å². The molecule has 0 aliphatic heterocycles. The minimum atomic E-state index is 0.676. The molecule has 0 saturated carbocycles. The van der Waals surface area contributed by atoms with Gasteiger partial charge >= 0.3 is 0 Å². The first-order chi connectivity index (χ1) is 8.13. The standard InChI is InChI=1S/C11H16IN5/c1-3-4-16-7-14-5-9(16)6-17-11(13)10(12)8(2)15-17/h5,7H,3-4,6,13H2,1-2H3. The zero-order valence-corrected chi connectivity index (χ0v) is 12.2. The highest BCUT2D eigenvalue weighted by molar-refractivity contribution is 14.1. The van der Waals surface area contributed by atoms with Crippen molar-refractivity contribution >= 4 is 28.4 Å². The summed E-state index contributed by atoms with van der Waals surface area (Å²) in [5, 5.41) is 4.43. The molecule has 92 valence electrons. The normalized spacial score (nSPS) is 11.0. The van der Waals surface area contributed by atoms with Gasteiger partial charge in [-0.05, 0) is 35.9 Å². The van der Waals surface area contributed by atoms with Crippen molar-refractivity contribution in [3.8, 4) is 0 Å². The van der Waals surface area contributed by atoms with E-state index in [4.69, 9.17) is 5.73 Å². The highest BCUT2D eigenvalue weighted by Gasteiger charge is 2.11. The quantitative estimate of drug-likeness (QED) is 0.863. The summed E-state index contributed by atoms with van der Waals surface area (Å²) in [5.74, 6) is 0.729. The van der Waals surface area contributed by atoms with Crippen molar-refractivity contribution in [3.05, 3.63) is 27.5 Å². The van der Waals surface area contributed by atoms with Crippen LogP contribution in [0.25, 0.3) is 0 Å². The van der Waals surface area contributed by atoms with E-state index >= 15 is 0 Å². The number of nitrogen functional groups attached to an aromatic ring is 1. The third kappa shape index (κ3) is 2.46. The molecule has 2 heterocycles. The summed E-state index contributed by atoms with van der Waals surface area (Å²) in [5.41, 5.74) is 8.12. The molecular weight excluding hydrogens is 329 g/mol. The van der Waals surface area contributed by atoms with Gasteiger partial charge in [-0.15, -0.1) is 0 Å². The predicted molar refractivity (Wildman–Crippen MR) is 75.7 cm³/mol. The Balaban J connectivity index is 2.25. The summed E-state index contributed by atoms with van der Waals surface area (Å²) < 4.78 is 5.01. The smallest absolute Gasteiger partial charge is 0.135 e. The predicted octanol–water partition coefficient (Wildman–Crippen LogP) is 2.03. The average Bonchev–Trinajstić information content (AvgIpc) is 2.82. The van der Waals surface area contributed by atoms with E-state index in [9.17, 15) is 0 Å². The van der Waals surface area contributed by atoms with E-state index in [1.165, 1.54) is 0 Å². The van der Waals surface area contributed by atoms with E-state index in [2.05, 4.69) is 44.2 Å². The maximum Gasteiger partial charge on any atom is 0.135 e. The van der Waals surface area contributed by atoms with E-state index in [-0.39, 0.29) is 0 Å². The lowest BCUT2D eigenvalue weighted by Gasteiger charge is -2.07. The van der Waals surface area contributed by atoms with E-state index < -0.39 is 0 Å². The molecule has 2 aromatic heterocycles. The lowest BCUT2D eigenvalue weighted by atomic mass is 10.4. The van der Waals surface area contributed by atoms with E-state index in [0.717, 1.165) is 33.7 Å². The van der Waals surface area contributed by atoms with Crippen molar-refractivity contribution in [2.45, 2.75) is 33.4 Å². The van der Waals surface area contributed by atoms with Crippen LogP contribution in [-0.4, -0.2) is 19.3 Å². The number of imidazole rings is 1. The Labute approximate surface area is 114 Å². The third-order valence-electron chi connectivity index (χ3n) is 2.67. The fourth-order valence-corrected chi connectivity index (χ4v) is 2.16. The minimum absolute atomic E-state index is 0.676. The summed E-state index contributed by atoms with van der Waals surface area (Å²) in [4.78, 5) is 4.17. The Kier molecular flexibility index (Phi) is 3.70. The van der Waals surface area contributed by atoms with E-state index in [1.807, 2.05) is 24.1 Å². The Hall–Kier alpha value is -1.05. The Morgan fingerprint density at radius 2 is 2.24 bits per heavy atom. The number of halogens is 1. The lowest BCUT2D eigenvalue weighted by Crippen LogP contribution is -2.10. The van der Waals surface area contributed by atoms with Crippen LogP contribution in [-0.2, 0) is 13.1 Å². The van der Waals surface area contributed by atoms with Crippen LogP contribution in [0.2, 0.25) is 0 Å². The fourth-order valence-electron chi connectivity index (χ4n) is 1.77. The van der Waals surface area contributed by atoms with E-state index in [0.29, 0.717) is 6.54 Å². The fraction of sp³-hybridized carbons (Fsp3) is 0.455. The number of nitrogens with two attached hydrogens (primary N) is 1. The van der Waals surface area contributed by atoms with Crippen LogP contribution in [0.1, 0.15) is 24.7 Å². The van der Waals surface area contributed by atoms with Gasteiger partial charge in [-0.1, -0.05) is 6.92 Å². The molecule has 0 unspecified atom stereocenters. The van der Waals surface area contributed by atoms with Crippen molar-refractivity contribution in [1.29, 1.82) is 0 Å². The van der Waals surface area contributed by atoms with Gasteiger partial charge in [0.2, 0.25) is 0 Å². The molecule has 5 nitrogen and oxygen atoms in total. The number of nitrogens with zero attached hydrogens (tertiary/aromatic N) is 4. The molecule has 0 fully saturated rings. The summed E-state index contributed by atoms with van der Waals surface area (Å²) in [7, 11) is 0. The van der Waals surface area contributed by atoms with Crippen LogP contribution in [0.4, 0.5) is 5.82 Å². The van der Waals surface area contributed by atoms with Crippen LogP contribution in [0.3, 0.4) is 0 Å². The first-order valence-corrected chi connectivity index (χ1v) is 6.68. The van der Waals surface area contributed by atoms with E-state index in [1.54, 1.807) is 0 Å². The van der Waals surface area contributed by atoms with Crippen molar-refractivity contribution in [1.82, 2.24) is 19.3 Å². The van der Waals surface area contributed by atoms with Crippen molar-refractivity contribution < 1.29 is 0 Å². The molecule has 0 spiro atoms. The largest absolute Gasteiger partial charge is 0.383 e. The number of aromatic nitrogens is 4.